The number of phenolic OH excluding ortho intramolecular Hbond substituents is 1. The van der Waals surface area contributed by atoms with Crippen molar-refractivity contribution in [3.8, 4) is 5.75 Å². The van der Waals surface area contributed by atoms with Gasteiger partial charge in [-0.25, -0.2) is 0 Å². The predicted molar refractivity (Wildman–Crippen MR) is 149 cm³/mol. The second kappa shape index (κ2) is 11.9. The molecule has 0 heterocycles. The molecule has 3 aromatic rings. The van der Waals surface area contributed by atoms with Crippen molar-refractivity contribution in [3.05, 3.63) is 136 Å². The highest BCUT2D eigenvalue weighted by Gasteiger charge is 2.18. The molecular weight excluding hydrogens is 440 g/mol. The number of benzene rings is 3. The lowest BCUT2D eigenvalue weighted by Crippen LogP contribution is -2.08. The zero-order valence-electron chi connectivity index (χ0n) is 21.6. The van der Waals surface area contributed by atoms with E-state index in [2.05, 4.69) is 75.4 Å². The van der Waals surface area contributed by atoms with Crippen LogP contribution in [0, 0.1) is 0 Å². The third-order valence-electron chi connectivity index (χ3n) is 7.42. The molecule has 0 aromatic heterocycles. The van der Waals surface area contributed by atoms with E-state index in [-0.39, 0.29) is 17.6 Å². The lowest BCUT2D eigenvalue weighted by Gasteiger charge is -2.17. The minimum absolute atomic E-state index is 0.105. The number of carbonyl (C=O) groups is 1. The number of ketones is 1. The summed E-state index contributed by atoms with van der Waals surface area (Å²) in [6.07, 6.45) is 9.54. The smallest absolute Gasteiger partial charge is 0.186 e. The number of hydrogen-bond acceptors (Lipinski definition) is 2. The Morgan fingerprint density at radius 3 is 2.03 bits per heavy atom. The van der Waals surface area contributed by atoms with Gasteiger partial charge in [0.1, 0.15) is 5.75 Å². The Labute approximate surface area is 215 Å². The third-order valence-corrected chi connectivity index (χ3v) is 7.42. The van der Waals surface area contributed by atoms with Crippen molar-refractivity contribution in [2.45, 2.75) is 58.3 Å². The van der Waals surface area contributed by atoms with Gasteiger partial charge in [-0.05, 0) is 72.6 Å². The Bertz CT molecular complexity index is 1280. The highest BCUT2D eigenvalue weighted by molar-refractivity contribution is 6.08. The summed E-state index contributed by atoms with van der Waals surface area (Å²) in [7, 11) is 0. The number of rotatable bonds is 9. The molecule has 1 aliphatic rings. The Morgan fingerprint density at radius 1 is 0.778 bits per heavy atom. The first-order valence-corrected chi connectivity index (χ1v) is 13.0. The van der Waals surface area contributed by atoms with E-state index in [1.165, 1.54) is 11.1 Å². The number of aryl methyl sites for hydroxylation is 1. The van der Waals surface area contributed by atoms with Gasteiger partial charge in [0.2, 0.25) is 0 Å². The van der Waals surface area contributed by atoms with Crippen LogP contribution in [0.4, 0.5) is 0 Å². The molecule has 0 saturated carbocycles. The van der Waals surface area contributed by atoms with Gasteiger partial charge in [-0.3, -0.25) is 4.79 Å². The highest BCUT2D eigenvalue weighted by atomic mass is 16.3. The zero-order chi connectivity index (χ0) is 25.5. The van der Waals surface area contributed by atoms with Crippen LogP contribution >= 0.6 is 0 Å². The fraction of sp³-hybridized carbons (Fsp3) is 0.265. The molecule has 0 bridgehead atoms. The van der Waals surface area contributed by atoms with Crippen molar-refractivity contribution >= 4 is 5.78 Å². The maximum atomic E-state index is 12.9. The summed E-state index contributed by atoms with van der Waals surface area (Å²) in [5.74, 6) is 0.921. The molecule has 0 amide bonds. The molecule has 3 aromatic carbocycles. The van der Waals surface area contributed by atoms with Crippen LogP contribution in [-0.4, -0.2) is 10.9 Å². The summed E-state index contributed by atoms with van der Waals surface area (Å²) in [6.45, 7) is 6.38. The van der Waals surface area contributed by atoms with Crippen LogP contribution in [0.5, 0.6) is 5.75 Å². The standard InChI is InChI=1S/C34H36O2/c1-24(32-21-20-31(23-34(32)36)26(3)28-15-8-5-9-16-28)12-10-11-17-29-18-19-30(22-33(29)35)25(2)27-13-6-4-7-14-27/h4-9,13-16,18-23,25-26,35H,10-12,17H2,1-3H3. The Morgan fingerprint density at radius 2 is 1.42 bits per heavy atom. The van der Waals surface area contributed by atoms with Gasteiger partial charge in [0.05, 0.1) is 0 Å². The van der Waals surface area contributed by atoms with Crippen LogP contribution < -0.4 is 0 Å². The van der Waals surface area contributed by atoms with Crippen molar-refractivity contribution in [3.63, 3.8) is 0 Å². The molecule has 0 spiro atoms. The third kappa shape index (κ3) is 6.12. The molecule has 2 unspecified atom stereocenters. The second-order valence-corrected chi connectivity index (χ2v) is 9.90. The van der Waals surface area contributed by atoms with Crippen molar-refractivity contribution < 1.29 is 9.90 Å². The molecule has 0 radical (unpaired) electrons. The summed E-state index contributed by atoms with van der Waals surface area (Å²) in [5.41, 5.74) is 7.59. The van der Waals surface area contributed by atoms with Crippen molar-refractivity contribution in [1.29, 1.82) is 0 Å². The average molecular weight is 477 g/mol. The summed E-state index contributed by atoms with van der Waals surface area (Å²) >= 11 is 0. The largest absolute Gasteiger partial charge is 0.508 e. The Balaban J connectivity index is 1.30. The molecule has 1 aliphatic carbocycles. The van der Waals surface area contributed by atoms with Crippen molar-refractivity contribution in [2.75, 3.05) is 0 Å². The molecular formula is C34H36O2. The van der Waals surface area contributed by atoms with Crippen LogP contribution in [0.3, 0.4) is 0 Å². The van der Waals surface area contributed by atoms with Crippen molar-refractivity contribution in [2.24, 2.45) is 0 Å². The van der Waals surface area contributed by atoms with Crippen molar-refractivity contribution in [1.82, 2.24) is 0 Å². The van der Waals surface area contributed by atoms with Gasteiger partial charge in [0, 0.05) is 17.4 Å². The Hall–Kier alpha value is -3.65. The molecule has 36 heavy (non-hydrogen) atoms. The summed E-state index contributed by atoms with van der Waals surface area (Å²) in [6, 6.07) is 26.8. The van der Waals surface area contributed by atoms with E-state index in [4.69, 9.17) is 0 Å². The lowest BCUT2D eigenvalue weighted by molar-refractivity contribution is -0.111. The van der Waals surface area contributed by atoms with Gasteiger partial charge in [0.15, 0.2) is 5.78 Å². The van der Waals surface area contributed by atoms with Crippen LogP contribution in [0.15, 0.2) is 114 Å². The second-order valence-electron chi connectivity index (χ2n) is 9.90. The fourth-order valence-electron chi connectivity index (χ4n) is 4.93. The predicted octanol–water partition coefficient (Wildman–Crippen LogP) is 8.44. The van der Waals surface area contributed by atoms with E-state index in [0.29, 0.717) is 5.75 Å². The maximum Gasteiger partial charge on any atom is 0.186 e. The molecule has 2 heteroatoms. The van der Waals surface area contributed by atoms with Gasteiger partial charge in [-0.1, -0.05) is 104 Å². The highest BCUT2D eigenvalue weighted by Crippen LogP contribution is 2.31. The number of hydrogen-bond donors (Lipinski definition) is 1. The van der Waals surface area contributed by atoms with E-state index in [9.17, 15) is 9.90 Å². The van der Waals surface area contributed by atoms with Gasteiger partial charge < -0.3 is 5.11 Å². The van der Waals surface area contributed by atoms with E-state index < -0.39 is 0 Å². The molecule has 2 nitrogen and oxygen atoms in total. The molecule has 1 N–H and O–H groups in total. The number of aromatic hydroxyl groups is 1. The van der Waals surface area contributed by atoms with Gasteiger partial charge in [0.25, 0.3) is 0 Å². The Kier molecular flexibility index (Phi) is 8.38. The topological polar surface area (TPSA) is 37.3 Å². The number of carbonyl (C=O) groups excluding carboxylic acids is 1. The van der Waals surface area contributed by atoms with Gasteiger partial charge in [-0.2, -0.15) is 0 Å². The maximum absolute atomic E-state index is 12.9. The van der Waals surface area contributed by atoms with Crippen LogP contribution in [0.25, 0.3) is 0 Å². The van der Waals surface area contributed by atoms with Crippen LogP contribution in [0.1, 0.15) is 74.1 Å². The molecule has 184 valence electrons. The lowest BCUT2D eigenvalue weighted by atomic mass is 9.86. The van der Waals surface area contributed by atoms with E-state index in [1.807, 2.05) is 36.4 Å². The number of allylic oxidation sites excluding steroid dienone is 6. The average Bonchev–Trinajstić information content (AvgIpc) is 2.91. The minimum atomic E-state index is 0.105. The first-order chi connectivity index (χ1) is 17.4. The quantitative estimate of drug-likeness (QED) is 0.248. The SMILES string of the molecule is CC(CCCCc1ccc(C(C)c2ccccc2)cc1O)=C1C=CC(C(C)c2ccccc2)=CC1=O. The van der Waals surface area contributed by atoms with E-state index >= 15 is 0 Å². The van der Waals surface area contributed by atoms with E-state index in [0.717, 1.165) is 53.5 Å². The summed E-state index contributed by atoms with van der Waals surface area (Å²) in [5, 5.41) is 10.6. The van der Waals surface area contributed by atoms with Gasteiger partial charge in [-0.15, -0.1) is 0 Å². The molecule has 0 aliphatic heterocycles. The van der Waals surface area contributed by atoms with Crippen LogP contribution in [0.2, 0.25) is 0 Å². The number of unbranched alkanes of at least 4 members (excludes halogenated alkanes) is 1. The first kappa shape index (κ1) is 25.4. The summed E-state index contributed by atoms with van der Waals surface area (Å²) in [4.78, 5) is 12.9. The normalized spacial score (nSPS) is 16.4. The molecule has 0 fully saturated rings. The molecule has 4 rings (SSSR count). The van der Waals surface area contributed by atoms with E-state index in [1.54, 1.807) is 6.08 Å². The molecule has 2 atom stereocenters. The van der Waals surface area contributed by atoms with Gasteiger partial charge >= 0.3 is 0 Å². The first-order valence-electron chi connectivity index (χ1n) is 13.0. The zero-order valence-corrected chi connectivity index (χ0v) is 21.6. The van der Waals surface area contributed by atoms with Crippen LogP contribution in [-0.2, 0) is 11.2 Å². The number of phenols is 1. The monoisotopic (exact) mass is 476 g/mol. The molecule has 0 saturated heterocycles. The minimum Gasteiger partial charge on any atom is -0.508 e. The fourth-order valence-corrected chi connectivity index (χ4v) is 4.93. The summed E-state index contributed by atoms with van der Waals surface area (Å²) < 4.78 is 0.